The third kappa shape index (κ3) is 5.50. The van der Waals surface area contributed by atoms with E-state index in [2.05, 4.69) is 19.2 Å². The van der Waals surface area contributed by atoms with Gasteiger partial charge in [-0.15, -0.1) is 0 Å². The van der Waals surface area contributed by atoms with Crippen LogP contribution in [0.4, 0.5) is 0 Å². The fraction of sp³-hybridized carbons (Fsp3) is 1.00. The highest BCUT2D eigenvalue weighted by atomic mass is 16.5. The van der Waals surface area contributed by atoms with E-state index in [9.17, 15) is 0 Å². The van der Waals surface area contributed by atoms with E-state index in [0.29, 0.717) is 18.2 Å². The van der Waals surface area contributed by atoms with Gasteiger partial charge in [-0.25, -0.2) is 0 Å². The van der Waals surface area contributed by atoms with E-state index in [4.69, 9.17) is 10.5 Å². The molecular formula is C12H26N2O. The number of rotatable bonds is 6. The predicted molar refractivity (Wildman–Crippen MR) is 63.9 cm³/mol. The van der Waals surface area contributed by atoms with Crippen molar-refractivity contribution < 1.29 is 4.74 Å². The van der Waals surface area contributed by atoms with Crippen LogP contribution in [0.3, 0.4) is 0 Å². The van der Waals surface area contributed by atoms with Crippen LogP contribution >= 0.6 is 0 Å². The Morgan fingerprint density at radius 3 is 2.73 bits per heavy atom. The van der Waals surface area contributed by atoms with E-state index in [-0.39, 0.29) is 0 Å². The molecule has 0 heterocycles. The lowest BCUT2D eigenvalue weighted by molar-refractivity contribution is 0.0763. The monoisotopic (exact) mass is 214 g/mol. The molecule has 15 heavy (non-hydrogen) atoms. The first kappa shape index (κ1) is 12.9. The zero-order valence-electron chi connectivity index (χ0n) is 10.2. The van der Waals surface area contributed by atoms with Crippen molar-refractivity contribution in [3.8, 4) is 0 Å². The molecule has 0 aromatic carbocycles. The minimum Gasteiger partial charge on any atom is -0.379 e. The van der Waals surface area contributed by atoms with Crippen molar-refractivity contribution >= 4 is 0 Å². The van der Waals surface area contributed by atoms with Crippen LogP contribution in [0.1, 0.15) is 46.0 Å². The zero-order valence-corrected chi connectivity index (χ0v) is 10.2. The summed E-state index contributed by atoms with van der Waals surface area (Å²) in [5.41, 5.74) is 6.05. The van der Waals surface area contributed by atoms with Crippen molar-refractivity contribution in [3.63, 3.8) is 0 Å². The maximum absolute atomic E-state index is 6.05. The smallest absolute Gasteiger partial charge is 0.0518 e. The molecule has 0 aromatic rings. The molecule has 3 N–H and O–H groups in total. The minimum absolute atomic E-state index is 0.349. The summed E-state index contributed by atoms with van der Waals surface area (Å²) in [6.45, 7) is 6.03. The number of nitrogens with one attached hydrogen (secondary N) is 1. The summed E-state index contributed by atoms with van der Waals surface area (Å²) in [6.07, 6.45) is 6.49. The molecular weight excluding hydrogens is 188 g/mol. The average Bonchev–Trinajstić information content (AvgIpc) is 2.20. The van der Waals surface area contributed by atoms with Crippen LogP contribution in [0.2, 0.25) is 0 Å². The molecule has 1 aliphatic rings. The molecule has 3 nitrogen and oxygen atoms in total. The van der Waals surface area contributed by atoms with Crippen LogP contribution < -0.4 is 11.1 Å². The van der Waals surface area contributed by atoms with E-state index in [1.54, 1.807) is 0 Å². The normalized spacial score (nSPS) is 27.2. The number of nitrogens with two attached hydrogens (primary N) is 1. The molecule has 0 aromatic heterocycles. The van der Waals surface area contributed by atoms with Crippen molar-refractivity contribution in [1.29, 1.82) is 0 Å². The Morgan fingerprint density at radius 2 is 2.07 bits per heavy atom. The molecule has 0 bridgehead atoms. The Morgan fingerprint density at radius 1 is 1.33 bits per heavy atom. The summed E-state index contributed by atoms with van der Waals surface area (Å²) in [5, 5.41) is 3.54. The maximum atomic E-state index is 6.05. The van der Waals surface area contributed by atoms with Gasteiger partial charge in [-0.1, -0.05) is 12.8 Å². The standard InChI is InChI=1S/C12H26N2O/c1-10(2)15-9-5-8-14-12-7-4-3-6-11(12)13/h10-12,14H,3-9,13H2,1-2H3. The van der Waals surface area contributed by atoms with Gasteiger partial charge in [-0.3, -0.25) is 0 Å². The Kier molecular flexibility index (Phi) is 6.22. The first-order valence-electron chi connectivity index (χ1n) is 6.30. The molecule has 2 unspecified atom stereocenters. The Bertz CT molecular complexity index is 162. The van der Waals surface area contributed by atoms with Gasteiger partial charge in [0.25, 0.3) is 0 Å². The second-order valence-electron chi connectivity index (χ2n) is 4.78. The third-order valence-corrected chi connectivity index (χ3v) is 3.00. The maximum Gasteiger partial charge on any atom is 0.0518 e. The van der Waals surface area contributed by atoms with Gasteiger partial charge in [0.2, 0.25) is 0 Å². The van der Waals surface area contributed by atoms with E-state index < -0.39 is 0 Å². The SMILES string of the molecule is CC(C)OCCCNC1CCCCC1N. The van der Waals surface area contributed by atoms with Crippen molar-refractivity contribution in [2.24, 2.45) is 5.73 Å². The lowest BCUT2D eigenvalue weighted by Gasteiger charge is -2.29. The van der Waals surface area contributed by atoms with Crippen molar-refractivity contribution in [1.82, 2.24) is 5.32 Å². The molecule has 0 aliphatic heterocycles. The Hall–Kier alpha value is -0.120. The summed E-state index contributed by atoms with van der Waals surface area (Å²) >= 11 is 0. The topological polar surface area (TPSA) is 47.3 Å². The highest BCUT2D eigenvalue weighted by Crippen LogP contribution is 2.16. The van der Waals surface area contributed by atoms with Gasteiger partial charge in [0, 0.05) is 18.7 Å². The van der Waals surface area contributed by atoms with Crippen molar-refractivity contribution in [2.75, 3.05) is 13.2 Å². The Balaban J connectivity index is 1.99. The molecule has 3 heteroatoms. The van der Waals surface area contributed by atoms with E-state index in [0.717, 1.165) is 19.6 Å². The quantitative estimate of drug-likeness (QED) is 0.661. The summed E-state index contributed by atoms with van der Waals surface area (Å²) in [4.78, 5) is 0. The number of ether oxygens (including phenoxy) is 1. The van der Waals surface area contributed by atoms with Gasteiger partial charge in [0.05, 0.1) is 6.10 Å². The first-order chi connectivity index (χ1) is 7.20. The van der Waals surface area contributed by atoms with Crippen LogP contribution in [0.5, 0.6) is 0 Å². The van der Waals surface area contributed by atoms with Gasteiger partial charge >= 0.3 is 0 Å². The number of hydrogen-bond donors (Lipinski definition) is 2. The van der Waals surface area contributed by atoms with Crippen LogP contribution in [0, 0.1) is 0 Å². The molecule has 0 spiro atoms. The molecule has 0 saturated heterocycles. The molecule has 2 atom stereocenters. The molecule has 1 fully saturated rings. The molecule has 1 aliphatic carbocycles. The Labute approximate surface area is 93.8 Å². The third-order valence-electron chi connectivity index (χ3n) is 3.00. The van der Waals surface area contributed by atoms with Crippen molar-refractivity contribution in [3.05, 3.63) is 0 Å². The van der Waals surface area contributed by atoms with Gasteiger partial charge < -0.3 is 15.8 Å². The molecule has 0 radical (unpaired) electrons. The second-order valence-corrected chi connectivity index (χ2v) is 4.78. The fourth-order valence-corrected chi connectivity index (χ4v) is 2.09. The highest BCUT2D eigenvalue weighted by Gasteiger charge is 2.20. The van der Waals surface area contributed by atoms with Crippen LogP contribution in [-0.2, 0) is 4.74 Å². The minimum atomic E-state index is 0.349. The lowest BCUT2D eigenvalue weighted by Crippen LogP contribution is -2.47. The van der Waals surface area contributed by atoms with Gasteiger partial charge in [-0.05, 0) is 39.7 Å². The lowest BCUT2D eigenvalue weighted by atomic mass is 9.91. The average molecular weight is 214 g/mol. The van der Waals surface area contributed by atoms with Crippen LogP contribution in [0.15, 0.2) is 0 Å². The van der Waals surface area contributed by atoms with Gasteiger partial charge in [0.15, 0.2) is 0 Å². The second kappa shape index (κ2) is 7.20. The summed E-state index contributed by atoms with van der Waals surface area (Å²) in [6, 6.07) is 0.905. The van der Waals surface area contributed by atoms with Crippen molar-refractivity contribution in [2.45, 2.75) is 64.1 Å². The first-order valence-corrected chi connectivity index (χ1v) is 6.30. The highest BCUT2D eigenvalue weighted by molar-refractivity contribution is 4.83. The zero-order chi connectivity index (χ0) is 11.1. The summed E-state index contributed by atoms with van der Waals surface area (Å²) in [7, 11) is 0. The predicted octanol–water partition coefficient (Wildman–Crippen LogP) is 1.66. The van der Waals surface area contributed by atoms with E-state index in [1.807, 2.05) is 0 Å². The molecule has 1 saturated carbocycles. The van der Waals surface area contributed by atoms with E-state index >= 15 is 0 Å². The largest absolute Gasteiger partial charge is 0.379 e. The molecule has 90 valence electrons. The number of hydrogen-bond acceptors (Lipinski definition) is 3. The van der Waals surface area contributed by atoms with Crippen LogP contribution in [-0.4, -0.2) is 31.3 Å². The summed E-state index contributed by atoms with van der Waals surface area (Å²) in [5.74, 6) is 0. The summed E-state index contributed by atoms with van der Waals surface area (Å²) < 4.78 is 5.49. The molecule has 0 amide bonds. The molecule has 1 rings (SSSR count). The van der Waals surface area contributed by atoms with Crippen LogP contribution in [0.25, 0.3) is 0 Å². The van der Waals surface area contributed by atoms with Gasteiger partial charge in [-0.2, -0.15) is 0 Å². The fourth-order valence-electron chi connectivity index (χ4n) is 2.09. The van der Waals surface area contributed by atoms with E-state index in [1.165, 1.54) is 25.7 Å². The van der Waals surface area contributed by atoms with Gasteiger partial charge in [0.1, 0.15) is 0 Å².